The number of amides is 2. The van der Waals surface area contributed by atoms with Gasteiger partial charge in [-0.15, -0.1) is 0 Å². The van der Waals surface area contributed by atoms with E-state index in [9.17, 15) is 9.59 Å². The molecule has 19 heavy (non-hydrogen) atoms. The lowest BCUT2D eigenvalue weighted by molar-refractivity contribution is -0.121. The van der Waals surface area contributed by atoms with Crippen LogP contribution in [0.2, 0.25) is 0 Å². The van der Waals surface area contributed by atoms with Gasteiger partial charge >= 0.3 is 0 Å². The third kappa shape index (κ3) is 2.20. The van der Waals surface area contributed by atoms with E-state index < -0.39 is 0 Å². The lowest BCUT2D eigenvalue weighted by Gasteiger charge is -2.29. The van der Waals surface area contributed by atoms with Crippen LogP contribution in [0.3, 0.4) is 0 Å². The molecule has 3 rings (SSSR count). The highest BCUT2D eigenvalue weighted by molar-refractivity contribution is 6.10. The molecule has 2 heterocycles. The van der Waals surface area contributed by atoms with Gasteiger partial charge in [-0.05, 0) is 18.2 Å². The quantitative estimate of drug-likeness (QED) is 0.839. The predicted octanol–water partition coefficient (Wildman–Crippen LogP) is 0.937. The van der Waals surface area contributed by atoms with Gasteiger partial charge in [-0.2, -0.15) is 5.10 Å². The molecule has 96 valence electrons. The van der Waals surface area contributed by atoms with Crippen LogP contribution in [0, 0.1) is 0 Å². The molecule has 2 aromatic rings. The minimum atomic E-state index is -0.184. The Balaban J connectivity index is 1.88. The number of benzene rings is 1. The number of aromatic nitrogens is 2. The zero-order valence-corrected chi connectivity index (χ0v) is 10.1. The molecule has 0 saturated carbocycles. The Kier molecular flexibility index (Phi) is 2.75. The molecule has 1 aliphatic heterocycles. The zero-order chi connectivity index (χ0) is 13.2. The second kappa shape index (κ2) is 4.56. The molecule has 1 aromatic carbocycles. The average molecular weight is 256 g/mol. The van der Waals surface area contributed by atoms with Crippen molar-refractivity contribution in [1.29, 1.82) is 0 Å². The Morgan fingerprint density at radius 2 is 2.16 bits per heavy atom. The Morgan fingerprint density at radius 3 is 2.95 bits per heavy atom. The van der Waals surface area contributed by atoms with E-state index in [0.717, 1.165) is 11.4 Å². The van der Waals surface area contributed by atoms with Crippen LogP contribution in [-0.2, 0) is 16.0 Å². The van der Waals surface area contributed by atoms with Gasteiger partial charge in [0, 0.05) is 11.9 Å². The van der Waals surface area contributed by atoms with E-state index in [-0.39, 0.29) is 24.8 Å². The van der Waals surface area contributed by atoms with Gasteiger partial charge in [-0.25, -0.2) is 0 Å². The highest BCUT2D eigenvalue weighted by Gasteiger charge is 2.26. The summed E-state index contributed by atoms with van der Waals surface area (Å²) in [7, 11) is 0. The van der Waals surface area contributed by atoms with Crippen LogP contribution < -0.4 is 10.2 Å². The first-order valence-corrected chi connectivity index (χ1v) is 5.91. The van der Waals surface area contributed by atoms with Gasteiger partial charge in [-0.1, -0.05) is 12.1 Å². The molecule has 6 heteroatoms. The van der Waals surface area contributed by atoms with E-state index in [1.165, 1.54) is 4.90 Å². The summed E-state index contributed by atoms with van der Waals surface area (Å²) in [4.78, 5) is 25.4. The molecule has 0 aliphatic carbocycles. The number of nitrogens with one attached hydrogen (secondary N) is 2. The number of aromatic amines is 1. The molecule has 0 spiro atoms. The number of carbonyl (C=O) groups is 2. The second-order valence-corrected chi connectivity index (χ2v) is 4.30. The largest absolute Gasteiger partial charge is 0.323 e. The van der Waals surface area contributed by atoms with Crippen molar-refractivity contribution >= 4 is 23.2 Å². The lowest BCUT2D eigenvalue weighted by atomic mass is 10.1. The number of nitrogens with zero attached hydrogens (tertiary/aromatic N) is 2. The fraction of sp³-hybridized carbons (Fsp3) is 0.154. The van der Waals surface area contributed by atoms with E-state index in [2.05, 4.69) is 15.5 Å². The number of hydrogen-bond donors (Lipinski definition) is 2. The fourth-order valence-corrected chi connectivity index (χ4v) is 2.10. The SMILES string of the molecule is O=C1CN(C(=O)Cc2ccn[nH]2)c2ccccc2N1. The van der Waals surface area contributed by atoms with Crippen LogP contribution >= 0.6 is 0 Å². The summed E-state index contributed by atoms with van der Waals surface area (Å²) in [6.07, 6.45) is 1.79. The van der Waals surface area contributed by atoms with E-state index in [1.54, 1.807) is 18.3 Å². The summed E-state index contributed by atoms with van der Waals surface area (Å²) in [6, 6.07) is 9.01. The summed E-state index contributed by atoms with van der Waals surface area (Å²) in [6.45, 7) is 0.0456. The summed E-state index contributed by atoms with van der Waals surface area (Å²) >= 11 is 0. The van der Waals surface area contributed by atoms with Crippen molar-refractivity contribution in [3.63, 3.8) is 0 Å². The van der Waals surface area contributed by atoms with Gasteiger partial charge in [0.1, 0.15) is 6.54 Å². The van der Waals surface area contributed by atoms with Gasteiger partial charge in [0.15, 0.2) is 0 Å². The normalized spacial score (nSPS) is 13.9. The predicted molar refractivity (Wildman–Crippen MR) is 69.7 cm³/mol. The third-order valence-electron chi connectivity index (χ3n) is 2.97. The van der Waals surface area contributed by atoms with Crippen LogP contribution in [0.4, 0.5) is 11.4 Å². The minimum Gasteiger partial charge on any atom is -0.323 e. The Bertz CT molecular complexity index is 621. The van der Waals surface area contributed by atoms with E-state index >= 15 is 0 Å². The van der Waals surface area contributed by atoms with Crippen LogP contribution in [-0.4, -0.2) is 28.6 Å². The standard InChI is InChI=1S/C13H12N4O2/c18-12-8-17(11-4-2-1-3-10(11)15-12)13(19)7-9-5-6-14-16-9/h1-6H,7-8H2,(H,14,16)(H,15,18). The highest BCUT2D eigenvalue weighted by Crippen LogP contribution is 2.29. The number of fused-ring (bicyclic) bond motifs is 1. The molecule has 1 aromatic heterocycles. The van der Waals surface area contributed by atoms with Crippen molar-refractivity contribution < 1.29 is 9.59 Å². The minimum absolute atomic E-state index is 0.0456. The number of para-hydroxylation sites is 2. The lowest BCUT2D eigenvalue weighted by Crippen LogP contribution is -2.42. The Hall–Kier alpha value is -2.63. The molecule has 1 aliphatic rings. The molecule has 0 fully saturated rings. The molecular weight excluding hydrogens is 244 g/mol. The first-order valence-electron chi connectivity index (χ1n) is 5.91. The highest BCUT2D eigenvalue weighted by atomic mass is 16.2. The van der Waals surface area contributed by atoms with Gasteiger partial charge < -0.3 is 10.2 Å². The van der Waals surface area contributed by atoms with Gasteiger partial charge in [0.25, 0.3) is 0 Å². The van der Waals surface area contributed by atoms with Gasteiger partial charge in [0.05, 0.1) is 17.8 Å². The van der Waals surface area contributed by atoms with Gasteiger partial charge in [-0.3, -0.25) is 14.7 Å². The molecule has 0 unspecified atom stereocenters. The zero-order valence-electron chi connectivity index (χ0n) is 10.1. The molecular formula is C13H12N4O2. The first kappa shape index (κ1) is 11.5. The number of rotatable bonds is 2. The maximum atomic E-state index is 12.3. The molecule has 6 nitrogen and oxygen atoms in total. The van der Waals surface area contributed by atoms with E-state index in [4.69, 9.17) is 0 Å². The first-order chi connectivity index (χ1) is 9.24. The summed E-state index contributed by atoms with van der Waals surface area (Å²) < 4.78 is 0. The van der Waals surface area contributed by atoms with Crippen molar-refractivity contribution in [3.05, 3.63) is 42.2 Å². The maximum absolute atomic E-state index is 12.3. The van der Waals surface area contributed by atoms with Crippen LogP contribution in [0.5, 0.6) is 0 Å². The van der Waals surface area contributed by atoms with Crippen molar-refractivity contribution in [3.8, 4) is 0 Å². The Labute approximate surface area is 109 Å². The fourth-order valence-electron chi connectivity index (χ4n) is 2.10. The smallest absolute Gasteiger partial charge is 0.244 e. The van der Waals surface area contributed by atoms with E-state index in [1.807, 2.05) is 18.2 Å². The van der Waals surface area contributed by atoms with Crippen LogP contribution in [0.1, 0.15) is 5.69 Å². The van der Waals surface area contributed by atoms with Crippen molar-refractivity contribution in [2.75, 3.05) is 16.8 Å². The summed E-state index contributed by atoms with van der Waals surface area (Å²) in [5.41, 5.74) is 2.12. The van der Waals surface area contributed by atoms with Crippen LogP contribution in [0.15, 0.2) is 36.5 Å². The Morgan fingerprint density at radius 1 is 1.32 bits per heavy atom. The number of H-pyrrole nitrogens is 1. The average Bonchev–Trinajstić information content (AvgIpc) is 2.90. The van der Waals surface area contributed by atoms with Crippen LogP contribution in [0.25, 0.3) is 0 Å². The van der Waals surface area contributed by atoms with Crippen molar-refractivity contribution in [2.45, 2.75) is 6.42 Å². The molecule has 0 bridgehead atoms. The van der Waals surface area contributed by atoms with E-state index in [0.29, 0.717) is 5.69 Å². The maximum Gasteiger partial charge on any atom is 0.244 e. The number of hydrogen-bond acceptors (Lipinski definition) is 3. The van der Waals surface area contributed by atoms with Gasteiger partial charge in [0.2, 0.25) is 11.8 Å². The molecule has 0 atom stereocenters. The second-order valence-electron chi connectivity index (χ2n) is 4.30. The van der Waals surface area contributed by atoms with Crippen molar-refractivity contribution in [2.24, 2.45) is 0 Å². The number of carbonyl (C=O) groups excluding carboxylic acids is 2. The topological polar surface area (TPSA) is 78.1 Å². The van der Waals surface area contributed by atoms with Crippen molar-refractivity contribution in [1.82, 2.24) is 10.2 Å². The number of anilines is 2. The monoisotopic (exact) mass is 256 g/mol. The molecule has 0 saturated heterocycles. The molecule has 2 N–H and O–H groups in total. The molecule has 2 amide bonds. The summed E-state index contributed by atoms with van der Waals surface area (Å²) in [5.74, 6) is -0.316. The summed E-state index contributed by atoms with van der Waals surface area (Å²) in [5, 5.41) is 9.30. The molecule has 0 radical (unpaired) electrons. The third-order valence-corrected chi connectivity index (χ3v) is 2.97.